The fourth-order valence-electron chi connectivity index (χ4n) is 2.44. The second-order valence-corrected chi connectivity index (χ2v) is 5.05. The summed E-state index contributed by atoms with van der Waals surface area (Å²) in [5, 5.41) is 0. The Bertz CT molecular complexity index is 407. The van der Waals surface area contributed by atoms with E-state index in [2.05, 4.69) is 36.1 Å². The summed E-state index contributed by atoms with van der Waals surface area (Å²) < 4.78 is 0. The van der Waals surface area contributed by atoms with E-state index >= 15 is 0 Å². The van der Waals surface area contributed by atoms with Crippen LogP contribution in [0.3, 0.4) is 0 Å². The van der Waals surface area contributed by atoms with Gasteiger partial charge in [-0.15, -0.1) is 0 Å². The predicted octanol–water partition coefficient (Wildman–Crippen LogP) is 2.33. The zero-order valence-corrected chi connectivity index (χ0v) is 11.4. The number of carbonyl (C=O) groups is 1. The summed E-state index contributed by atoms with van der Waals surface area (Å²) in [5.41, 5.74) is 2.69. The van der Waals surface area contributed by atoms with Crippen molar-refractivity contribution >= 4 is 5.91 Å². The normalized spacial score (nSPS) is 21.0. The molecule has 0 radical (unpaired) electrons. The van der Waals surface area contributed by atoms with Crippen molar-refractivity contribution in [3.05, 3.63) is 35.6 Å². The zero-order chi connectivity index (χ0) is 13.0. The molecule has 18 heavy (non-hydrogen) atoms. The molecular formula is C15H22N2O. The first kappa shape index (κ1) is 12.9. The van der Waals surface area contributed by atoms with E-state index in [1.165, 1.54) is 11.3 Å². The van der Waals surface area contributed by atoms with Gasteiger partial charge < -0.3 is 9.80 Å². The minimum atomic E-state index is 0.194. The van der Waals surface area contributed by atoms with Gasteiger partial charge >= 0.3 is 0 Å². The zero-order valence-electron chi connectivity index (χ0n) is 11.4. The van der Waals surface area contributed by atoms with Crippen molar-refractivity contribution in [2.45, 2.75) is 26.7 Å². The molecule has 0 aromatic heterocycles. The summed E-state index contributed by atoms with van der Waals surface area (Å²) in [6.45, 7) is 7.53. The van der Waals surface area contributed by atoms with E-state index < -0.39 is 0 Å². The predicted molar refractivity (Wildman–Crippen MR) is 74.0 cm³/mol. The van der Waals surface area contributed by atoms with Crippen LogP contribution in [-0.2, 0) is 4.79 Å². The Morgan fingerprint density at radius 3 is 2.83 bits per heavy atom. The van der Waals surface area contributed by atoms with Crippen molar-refractivity contribution in [1.82, 2.24) is 9.80 Å². The van der Waals surface area contributed by atoms with Gasteiger partial charge in [-0.05, 0) is 25.8 Å². The monoisotopic (exact) mass is 246 g/mol. The summed E-state index contributed by atoms with van der Waals surface area (Å²) in [6.07, 6.45) is 10.8. The lowest BCUT2D eigenvalue weighted by molar-refractivity contribution is -0.128. The van der Waals surface area contributed by atoms with Gasteiger partial charge in [-0.1, -0.05) is 23.8 Å². The lowest BCUT2D eigenvalue weighted by Crippen LogP contribution is -2.33. The fraction of sp³-hybridized carbons (Fsp3) is 0.533. The molecular weight excluding hydrogens is 224 g/mol. The quantitative estimate of drug-likeness (QED) is 0.709. The number of hydrogen-bond acceptors (Lipinski definition) is 2. The SMILES string of the molecule is CC(=O)N1CCCN(C2=CCC(C)=CC=C2)CC1. The number of nitrogens with zero attached hydrogens (tertiary/aromatic N) is 2. The van der Waals surface area contributed by atoms with E-state index in [-0.39, 0.29) is 5.91 Å². The van der Waals surface area contributed by atoms with Gasteiger partial charge in [-0.25, -0.2) is 0 Å². The largest absolute Gasteiger partial charge is 0.370 e. The van der Waals surface area contributed by atoms with Crippen LogP contribution in [-0.4, -0.2) is 41.9 Å². The maximum atomic E-state index is 11.4. The summed E-state index contributed by atoms with van der Waals surface area (Å²) >= 11 is 0. The number of amides is 1. The number of hydrogen-bond donors (Lipinski definition) is 0. The first-order chi connectivity index (χ1) is 8.66. The summed E-state index contributed by atoms with van der Waals surface area (Å²) in [6, 6.07) is 0. The molecule has 0 aromatic carbocycles. The maximum Gasteiger partial charge on any atom is 0.219 e. The van der Waals surface area contributed by atoms with Crippen molar-refractivity contribution in [3.8, 4) is 0 Å². The van der Waals surface area contributed by atoms with E-state index in [0.29, 0.717) is 0 Å². The van der Waals surface area contributed by atoms with Crippen LogP contribution >= 0.6 is 0 Å². The third-order valence-electron chi connectivity index (χ3n) is 3.59. The molecule has 0 spiro atoms. The Morgan fingerprint density at radius 1 is 1.22 bits per heavy atom. The molecule has 0 saturated carbocycles. The highest BCUT2D eigenvalue weighted by atomic mass is 16.2. The van der Waals surface area contributed by atoms with Crippen LogP contribution < -0.4 is 0 Å². The second-order valence-electron chi connectivity index (χ2n) is 5.05. The molecule has 0 N–H and O–H groups in total. The van der Waals surface area contributed by atoms with Crippen LogP contribution in [0.15, 0.2) is 35.6 Å². The maximum absolute atomic E-state index is 11.4. The molecule has 1 saturated heterocycles. The van der Waals surface area contributed by atoms with Gasteiger partial charge in [0.2, 0.25) is 5.91 Å². The summed E-state index contributed by atoms with van der Waals surface area (Å²) in [4.78, 5) is 15.7. The van der Waals surface area contributed by atoms with Gasteiger partial charge in [-0.2, -0.15) is 0 Å². The smallest absolute Gasteiger partial charge is 0.219 e. The first-order valence-corrected chi connectivity index (χ1v) is 6.71. The van der Waals surface area contributed by atoms with Crippen LogP contribution in [0.25, 0.3) is 0 Å². The van der Waals surface area contributed by atoms with E-state index in [9.17, 15) is 4.79 Å². The molecule has 0 bridgehead atoms. The Hall–Kier alpha value is -1.51. The van der Waals surface area contributed by atoms with E-state index in [0.717, 1.165) is 39.0 Å². The molecule has 1 fully saturated rings. The molecule has 3 nitrogen and oxygen atoms in total. The Morgan fingerprint density at radius 2 is 2.06 bits per heavy atom. The van der Waals surface area contributed by atoms with Gasteiger partial charge in [0.15, 0.2) is 0 Å². The Balaban J connectivity index is 2.00. The minimum absolute atomic E-state index is 0.194. The highest BCUT2D eigenvalue weighted by Crippen LogP contribution is 2.17. The van der Waals surface area contributed by atoms with Gasteiger partial charge in [0, 0.05) is 38.8 Å². The third kappa shape index (κ3) is 3.25. The van der Waals surface area contributed by atoms with Gasteiger partial charge in [0.1, 0.15) is 0 Å². The highest BCUT2D eigenvalue weighted by molar-refractivity contribution is 5.73. The molecule has 1 aliphatic heterocycles. The summed E-state index contributed by atoms with van der Waals surface area (Å²) in [7, 11) is 0. The summed E-state index contributed by atoms with van der Waals surface area (Å²) in [5.74, 6) is 0.194. The average Bonchev–Trinajstić information content (AvgIpc) is 2.69. The van der Waals surface area contributed by atoms with E-state index in [1.54, 1.807) is 6.92 Å². The van der Waals surface area contributed by atoms with Crippen molar-refractivity contribution in [2.75, 3.05) is 26.2 Å². The fourth-order valence-corrected chi connectivity index (χ4v) is 2.44. The highest BCUT2D eigenvalue weighted by Gasteiger charge is 2.17. The molecule has 0 atom stereocenters. The molecule has 1 heterocycles. The Labute approximate surface area is 109 Å². The molecule has 2 rings (SSSR count). The number of carbonyl (C=O) groups excluding carboxylic acids is 1. The minimum Gasteiger partial charge on any atom is -0.370 e. The molecule has 98 valence electrons. The number of rotatable bonds is 1. The lowest BCUT2D eigenvalue weighted by Gasteiger charge is -2.24. The third-order valence-corrected chi connectivity index (χ3v) is 3.59. The molecule has 1 aliphatic carbocycles. The lowest BCUT2D eigenvalue weighted by atomic mass is 10.2. The molecule has 1 amide bonds. The first-order valence-electron chi connectivity index (χ1n) is 6.71. The van der Waals surface area contributed by atoms with E-state index in [1.807, 2.05) is 4.90 Å². The molecule has 0 aromatic rings. The Kier molecular flexibility index (Phi) is 4.24. The molecule has 3 heteroatoms. The van der Waals surface area contributed by atoms with Crippen LogP contribution in [0.2, 0.25) is 0 Å². The van der Waals surface area contributed by atoms with Crippen LogP contribution in [0.5, 0.6) is 0 Å². The van der Waals surface area contributed by atoms with Crippen LogP contribution in [0.4, 0.5) is 0 Å². The van der Waals surface area contributed by atoms with E-state index in [4.69, 9.17) is 0 Å². The van der Waals surface area contributed by atoms with Crippen molar-refractivity contribution in [1.29, 1.82) is 0 Å². The van der Waals surface area contributed by atoms with Crippen molar-refractivity contribution in [3.63, 3.8) is 0 Å². The van der Waals surface area contributed by atoms with Crippen molar-refractivity contribution < 1.29 is 4.79 Å². The van der Waals surface area contributed by atoms with Crippen molar-refractivity contribution in [2.24, 2.45) is 0 Å². The second kappa shape index (κ2) is 5.89. The van der Waals surface area contributed by atoms with Gasteiger partial charge in [0.25, 0.3) is 0 Å². The van der Waals surface area contributed by atoms with Crippen LogP contribution in [0, 0.1) is 0 Å². The average molecular weight is 246 g/mol. The molecule has 0 unspecified atom stereocenters. The van der Waals surface area contributed by atoms with Gasteiger partial charge in [-0.3, -0.25) is 4.79 Å². The molecule has 2 aliphatic rings. The topological polar surface area (TPSA) is 23.6 Å². The number of allylic oxidation sites excluding steroid dienone is 5. The van der Waals surface area contributed by atoms with Gasteiger partial charge in [0.05, 0.1) is 0 Å². The van der Waals surface area contributed by atoms with Crippen LogP contribution in [0.1, 0.15) is 26.7 Å². The standard InChI is InChI=1S/C15H22N2O/c1-13-5-3-6-15(8-7-13)17-10-4-9-16(11-12-17)14(2)18/h3,5-6,8H,4,7,9-12H2,1-2H3.